The molecule has 0 saturated heterocycles. The van der Waals surface area contributed by atoms with Crippen molar-refractivity contribution in [2.45, 2.75) is 57.2 Å². The first kappa shape index (κ1) is 22.1. The number of hydrogen-bond acceptors (Lipinski definition) is 4. The molecule has 1 N–H and O–H groups in total. The van der Waals surface area contributed by atoms with E-state index in [1.165, 1.54) is 18.6 Å². The zero-order chi connectivity index (χ0) is 22.3. The summed E-state index contributed by atoms with van der Waals surface area (Å²) in [6.07, 6.45) is 5.86. The summed E-state index contributed by atoms with van der Waals surface area (Å²) in [5.41, 5.74) is 2.57. The summed E-state index contributed by atoms with van der Waals surface area (Å²) in [7, 11) is 1.63. The van der Waals surface area contributed by atoms with Gasteiger partial charge in [0, 0.05) is 24.6 Å². The maximum absolute atomic E-state index is 13.3. The Labute approximate surface area is 188 Å². The molecule has 2 aromatic rings. The zero-order valence-electron chi connectivity index (χ0n) is 18.4. The van der Waals surface area contributed by atoms with E-state index < -0.39 is 0 Å². The summed E-state index contributed by atoms with van der Waals surface area (Å²) in [6.45, 7) is 0.765. The van der Waals surface area contributed by atoms with Gasteiger partial charge < -0.3 is 19.8 Å². The number of urea groups is 1. The summed E-state index contributed by atoms with van der Waals surface area (Å²) >= 11 is 0. The molecule has 1 fully saturated rings. The van der Waals surface area contributed by atoms with Gasteiger partial charge in [0.25, 0.3) is 0 Å². The van der Waals surface area contributed by atoms with Gasteiger partial charge in [-0.1, -0.05) is 48.7 Å². The number of benzene rings is 2. The Morgan fingerprint density at radius 1 is 1.16 bits per heavy atom. The molecule has 2 aliphatic rings. The maximum Gasteiger partial charge on any atom is 0.318 e. The molecule has 2 amide bonds. The summed E-state index contributed by atoms with van der Waals surface area (Å²) in [6, 6.07) is 14.0. The van der Waals surface area contributed by atoms with Crippen molar-refractivity contribution in [2.75, 3.05) is 13.7 Å². The molecule has 1 unspecified atom stereocenters. The van der Waals surface area contributed by atoms with Crippen molar-refractivity contribution in [3.05, 3.63) is 65.5 Å². The average molecular weight is 440 g/mol. The lowest BCUT2D eigenvalue weighted by molar-refractivity contribution is 0.0583. The third-order valence-electron chi connectivity index (χ3n) is 6.08. The summed E-state index contributed by atoms with van der Waals surface area (Å²) in [5, 5.41) is 7.46. The van der Waals surface area contributed by atoms with Gasteiger partial charge in [-0.15, -0.1) is 0 Å². The topological polar surface area (TPSA) is 63.2 Å². The third kappa shape index (κ3) is 5.58. The van der Waals surface area contributed by atoms with Crippen LogP contribution in [0.3, 0.4) is 0 Å². The molecule has 6 nitrogen and oxygen atoms in total. The molecule has 1 aliphatic carbocycles. The molecule has 7 heteroatoms. The van der Waals surface area contributed by atoms with E-state index in [0.717, 1.165) is 48.3 Å². The Hall–Kier alpha value is -3.09. The van der Waals surface area contributed by atoms with Crippen LogP contribution in [-0.2, 0) is 11.4 Å². The Morgan fingerprint density at radius 2 is 1.91 bits per heavy atom. The lowest BCUT2D eigenvalue weighted by Gasteiger charge is -2.29. The fourth-order valence-corrected chi connectivity index (χ4v) is 4.36. The fourth-order valence-electron chi connectivity index (χ4n) is 4.36. The van der Waals surface area contributed by atoms with Gasteiger partial charge in [0.05, 0.1) is 19.4 Å². The van der Waals surface area contributed by atoms with Crippen LogP contribution in [0.2, 0.25) is 0 Å². The minimum absolute atomic E-state index is 0.115. The average Bonchev–Trinajstić information content (AvgIpc) is 3.29. The van der Waals surface area contributed by atoms with Crippen LogP contribution >= 0.6 is 0 Å². The van der Waals surface area contributed by atoms with Crippen LogP contribution in [-0.4, -0.2) is 42.4 Å². The molecule has 2 aromatic carbocycles. The van der Waals surface area contributed by atoms with Crippen molar-refractivity contribution in [1.82, 2.24) is 10.2 Å². The number of methoxy groups -OCH3 is 1. The normalized spacial score (nSPS) is 18.6. The number of nitrogens with zero attached hydrogens (tertiary/aromatic N) is 2. The van der Waals surface area contributed by atoms with Gasteiger partial charge in [0.2, 0.25) is 0 Å². The summed E-state index contributed by atoms with van der Waals surface area (Å²) < 4.78 is 18.8. The Kier molecular flexibility index (Phi) is 7.24. The molecule has 32 heavy (non-hydrogen) atoms. The molecule has 0 bridgehead atoms. The zero-order valence-corrected chi connectivity index (χ0v) is 18.4. The predicted octanol–water partition coefficient (Wildman–Crippen LogP) is 4.87. The molecular formula is C25H30FN3O3. The van der Waals surface area contributed by atoms with Crippen LogP contribution in [0.5, 0.6) is 5.75 Å². The van der Waals surface area contributed by atoms with Crippen LogP contribution in [0.4, 0.5) is 9.18 Å². The molecule has 0 spiro atoms. The largest absolute Gasteiger partial charge is 0.496 e. The predicted molar refractivity (Wildman–Crippen MR) is 121 cm³/mol. The standard InChI is InChI=1S/C25H30FN3O3/c1-31-24-10-6-5-9-22(24)23-15-21(32-28-23)17-29(16-18-11-13-19(26)14-12-18)25(30)27-20-7-3-2-4-8-20/h5-6,9-14,20-21H,2-4,7-8,15-17H2,1H3,(H,27,30). The molecular weight excluding hydrogens is 409 g/mol. The number of para-hydroxylation sites is 1. The minimum atomic E-state index is -0.291. The highest BCUT2D eigenvalue weighted by Gasteiger charge is 2.29. The van der Waals surface area contributed by atoms with E-state index in [1.54, 1.807) is 24.1 Å². The van der Waals surface area contributed by atoms with Gasteiger partial charge in [0.1, 0.15) is 11.6 Å². The first-order valence-electron chi connectivity index (χ1n) is 11.3. The molecule has 1 aliphatic heterocycles. The van der Waals surface area contributed by atoms with Gasteiger partial charge in [-0.2, -0.15) is 0 Å². The highest BCUT2D eigenvalue weighted by atomic mass is 19.1. The van der Waals surface area contributed by atoms with Crippen molar-refractivity contribution in [1.29, 1.82) is 0 Å². The molecule has 170 valence electrons. The van der Waals surface area contributed by atoms with Crippen LogP contribution < -0.4 is 10.1 Å². The number of halogens is 1. The number of rotatable bonds is 7. The second-order valence-corrected chi connectivity index (χ2v) is 8.46. The van der Waals surface area contributed by atoms with E-state index in [-0.39, 0.29) is 24.0 Å². The van der Waals surface area contributed by atoms with E-state index in [2.05, 4.69) is 10.5 Å². The highest BCUT2D eigenvalue weighted by molar-refractivity contribution is 6.03. The van der Waals surface area contributed by atoms with E-state index in [1.807, 2.05) is 24.3 Å². The van der Waals surface area contributed by atoms with Crippen LogP contribution in [0, 0.1) is 5.82 Å². The Balaban J connectivity index is 1.43. The van der Waals surface area contributed by atoms with Gasteiger partial charge in [-0.05, 0) is 42.7 Å². The van der Waals surface area contributed by atoms with E-state index in [4.69, 9.17) is 9.57 Å². The van der Waals surface area contributed by atoms with Crippen LogP contribution in [0.25, 0.3) is 0 Å². The lowest BCUT2D eigenvalue weighted by Crippen LogP contribution is -2.47. The Morgan fingerprint density at radius 3 is 2.66 bits per heavy atom. The first-order chi connectivity index (χ1) is 15.6. The quantitative estimate of drug-likeness (QED) is 0.669. The number of oxime groups is 1. The first-order valence-corrected chi connectivity index (χ1v) is 11.3. The smallest absolute Gasteiger partial charge is 0.318 e. The van der Waals surface area contributed by atoms with E-state index >= 15 is 0 Å². The SMILES string of the molecule is COc1ccccc1C1=NOC(CN(Cc2ccc(F)cc2)C(=O)NC2CCCCC2)C1. The van der Waals surface area contributed by atoms with Gasteiger partial charge in [-0.25, -0.2) is 9.18 Å². The fraction of sp³-hybridized carbons (Fsp3) is 0.440. The van der Waals surface area contributed by atoms with Crippen LogP contribution in [0.1, 0.15) is 49.7 Å². The van der Waals surface area contributed by atoms with Crippen molar-refractivity contribution in [3.63, 3.8) is 0 Å². The summed E-state index contributed by atoms with van der Waals surface area (Å²) in [4.78, 5) is 20.6. The molecule has 0 aromatic heterocycles. The number of hydrogen-bond donors (Lipinski definition) is 1. The minimum Gasteiger partial charge on any atom is -0.496 e. The van der Waals surface area contributed by atoms with Gasteiger partial charge >= 0.3 is 6.03 Å². The second-order valence-electron chi connectivity index (χ2n) is 8.46. The van der Waals surface area contributed by atoms with Gasteiger partial charge in [-0.3, -0.25) is 0 Å². The van der Waals surface area contributed by atoms with Crippen molar-refractivity contribution < 1.29 is 18.8 Å². The molecule has 1 atom stereocenters. The highest BCUT2D eigenvalue weighted by Crippen LogP contribution is 2.25. The number of amides is 2. The van der Waals surface area contributed by atoms with E-state index in [9.17, 15) is 9.18 Å². The van der Waals surface area contributed by atoms with Crippen molar-refractivity contribution >= 4 is 11.7 Å². The number of nitrogens with one attached hydrogen (secondary N) is 1. The molecule has 0 radical (unpaired) electrons. The summed E-state index contributed by atoms with van der Waals surface area (Å²) in [5.74, 6) is 0.453. The number of ether oxygens (including phenoxy) is 1. The second kappa shape index (κ2) is 10.5. The van der Waals surface area contributed by atoms with Crippen molar-refractivity contribution in [2.24, 2.45) is 5.16 Å². The Bertz CT molecular complexity index is 942. The van der Waals surface area contributed by atoms with Crippen molar-refractivity contribution in [3.8, 4) is 5.75 Å². The lowest BCUT2D eigenvalue weighted by atomic mass is 9.96. The van der Waals surface area contributed by atoms with Gasteiger partial charge in [0.15, 0.2) is 6.10 Å². The molecule has 1 heterocycles. The number of carbonyl (C=O) groups is 1. The third-order valence-corrected chi connectivity index (χ3v) is 6.08. The maximum atomic E-state index is 13.3. The van der Waals surface area contributed by atoms with E-state index in [0.29, 0.717) is 19.5 Å². The number of carbonyl (C=O) groups excluding carboxylic acids is 1. The molecule has 1 saturated carbocycles. The van der Waals surface area contributed by atoms with Crippen LogP contribution in [0.15, 0.2) is 53.7 Å². The molecule has 4 rings (SSSR count). The monoisotopic (exact) mass is 439 g/mol.